The van der Waals surface area contributed by atoms with Crippen molar-refractivity contribution in [2.24, 2.45) is 17.3 Å². The van der Waals surface area contributed by atoms with Crippen LogP contribution >= 0.6 is 0 Å². The Balaban J connectivity index is 2.67. The highest BCUT2D eigenvalue weighted by Crippen LogP contribution is 2.50. The Bertz CT molecular complexity index is 178. The van der Waals surface area contributed by atoms with Gasteiger partial charge < -0.3 is 5.11 Å². The zero-order chi connectivity index (χ0) is 10.3. The van der Waals surface area contributed by atoms with Crippen molar-refractivity contribution in [1.82, 2.24) is 0 Å². The van der Waals surface area contributed by atoms with E-state index in [0.717, 1.165) is 11.8 Å². The molecule has 0 unspecified atom stereocenters. The first-order chi connectivity index (χ1) is 5.76. The van der Waals surface area contributed by atoms with Crippen molar-refractivity contribution in [1.29, 1.82) is 0 Å². The highest BCUT2D eigenvalue weighted by atomic mass is 16.3. The van der Waals surface area contributed by atoms with Gasteiger partial charge in [-0.2, -0.15) is 0 Å². The van der Waals surface area contributed by atoms with Crippen LogP contribution in [0.4, 0.5) is 0 Å². The zero-order valence-electron chi connectivity index (χ0n) is 9.72. The van der Waals surface area contributed by atoms with Crippen LogP contribution < -0.4 is 0 Å². The lowest BCUT2D eigenvalue weighted by Gasteiger charge is -2.37. The molecule has 0 heterocycles. The van der Waals surface area contributed by atoms with Gasteiger partial charge in [0.2, 0.25) is 0 Å². The molecular weight excluding hydrogens is 160 g/mol. The van der Waals surface area contributed by atoms with Crippen LogP contribution in [0.25, 0.3) is 0 Å². The van der Waals surface area contributed by atoms with Gasteiger partial charge in [-0.3, -0.25) is 0 Å². The quantitative estimate of drug-likeness (QED) is 0.698. The summed E-state index contributed by atoms with van der Waals surface area (Å²) in [4.78, 5) is 0. The van der Waals surface area contributed by atoms with Gasteiger partial charge >= 0.3 is 0 Å². The first-order valence-corrected chi connectivity index (χ1v) is 5.49. The van der Waals surface area contributed by atoms with E-state index in [0.29, 0.717) is 0 Å². The van der Waals surface area contributed by atoms with Crippen LogP contribution in [0.2, 0.25) is 0 Å². The summed E-state index contributed by atoms with van der Waals surface area (Å²) in [5.41, 5.74) is -0.376. The normalized spacial score (nSPS) is 35.8. The van der Waals surface area contributed by atoms with Crippen LogP contribution in [0.1, 0.15) is 53.9 Å². The van der Waals surface area contributed by atoms with Crippen molar-refractivity contribution in [3.8, 4) is 0 Å². The Morgan fingerprint density at radius 1 is 1.38 bits per heavy atom. The molecule has 0 radical (unpaired) electrons. The summed E-state index contributed by atoms with van der Waals surface area (Å²) in [5.74, 6) is 1.58. The van der Waals surface area contributed by atoms with Gasteiger partial charge in [0.15, 0.2) is 0 Å². The topological polar surface area (TPSA) is 20.2 Å². The second kappa shape index (κ2) is 3.27. The highest BCUT2D eigenvalue weighted by molar-refractivity contribution is 4.96. The van der Waals surface area contributed by atoms with Crippen LogP contribution in [-0.4, -0.2) is 10.7 Å². The summed E-state index contributed by atoms with van der Waals surface area (Å²) in [6.45, 7) is 10.7. The number of hydrogen-bond donors (Lipinski definition) is 1. The minimum Gasteiger partial charge on any atom is -0.390 e. The Kier molecular flexibility index (Phi) is 2.78. The molecular formula is C12H24O. The zero-order valence-corrected chi connectivity index (χ0v) is 9.72. The summed E-state index contributed by atoms with van der Waals surface area (Å²) < 4.78 is 0. The van der Waals surface area contributed by atoms with Crippen LogP contribution in [0.5, 0.6) is 0 Å². The monoisotopic (exact) mass is 184 g/mol. The molecule has 0 saturated heterocycles. The van der Waals surface area contributed by atoms with Crippen molar-refractivity contribution in [3.63, 3.8) is 0 Å². The smallest absolute Gasteiger partial charge is 0.0645 e. The molecule has 0 amide bonds. The molecule has 1 aliphatic carbocycles. The Labute approximate surface area is 82.5 Å². The minimum atomic E-state index is -0.517. The van der Waals surface area contributed by atoms with Crippen molar-refractivity contribution in [2.45, 2.75) is 59.5 Å². The molecule has 1 rings (SSSR count). The Morgan fingerprint density at radius 3 is 2.15 bits per heavy atom. The van der Waals surface area contributed by atoms with Crippen LogP contribution in [-0.2, 0) is 0 Å². The summed E-state index contributed by atoms with van der Waals surface area (Å²) in [6, 6.07) is 0. The summed E-state index contributed by atoms with van der Waals surface area (Å²) >= 11 is 0. The fourth-order valence-corrected chi connectivity index (χ4v) is 2.41. The molecule has 13 heavy (non-hydrogen) atoms. The lowest BCUT2D eigenvalue weighted by atomic mass is 9.73. The van der Waals surface area contributed by atoms with Gasteiger partial charge in [-0.05, 0) is 50.4 Å². The molecule has 1 saturated carbocycles. The third-order valence-corrected chi connectivity index (χ3v) is 4.20. The standard InChI is InChI=1S/C12H24O/c1-9(2)10-6-7-12(5,8-10)11(3,4)13/h9-10,13H,6-8H2,1-5H3/t10-,12+/m0/s1. The minimum absolute atomic E-state index is 0.141. The predicted octanol–water partition coefficient (Wildman–Crippen LogP) is 3.22. The average molecular weight is 184 g/mol. The molecule has 0 bridgehead atoms. The first-order valence-electron chi connectivity index (χ1n) is 5.49. The second-order valence-electron chi connectivity index (χ2n) is 5.87. The molecule has 1 aliphatic rings. The maximum Gasteiger partial charge on any atom is 0.0645 e. The molecule has 0 aliphatic heterocycles. The Morgan fingerprint density at radius 2 is 1.92 bits per heavy atom. The van der Waals surface area contributed by atoms with Crippen LogP contribution in [0.3, 0.4) is 0 Å². The Hall–Kier alpha value is -0.0400. The van der Waals surface area contributed by atoms with Gasteiger partial charge in [0.05, 0.1) is 5.60 Å². The molecule has 1 N–H and O–H groups in total. The molecule has 2 atom stereocenters. The predicted molar refractivity (Wildman–Crippen MR) is 56.6 cm³/mol. The molecule has 78 valence electrons. The van der Waals surface area contributed by atoms with E-state index in [4.69, 9.17) is 0 Å². The fourth-order valence-electron chi connectivity index (χ4n) is 2.41. The SMILES string of the molecule is CC(C)[C@H]1CC[C@@](C)(C(C)(C)O)C1. The van der Waals surface area contributed by atoms with Crippen LogP contribution in [0, 0.1) is 17.3 Å². The molecule has 1 heteroatoms. The maximum atomic E-state index is 10.1. The van der Waals surface area contributed by atoms with E-state index in [1.54, 1.807) is 0 Å². The fraction of sp³-hybridized carbons (Fsp3) is 1.00. The second-order valence-corrected chi connectivity index (χ2v) is 5.87. The molecule has 0 spiro atoms. The molecule has 1 nitrogen and oxygen atoms in total. The van der Waals surface area contributed by atoms with E-state index >= 15 is 0 Å². The largest absolute Gasteiger partial charge is 0.390 e. The number of aliphatic hydroxyl groups is 1. The third-order valence-electron chi connectivity index (χ3n) is 4.20. The summed E-state index contributed by atoms with van der Waals surface area (Å²) in [7, 11) is 0. The van der Waals surface area contributed by atoms with Gasteiger partial charge in [-0.1, -0.05) is 20.8 Å². The van der Waals surface area contributed by atoms with E-state index < -0.39 is 5.60 Å². The van der Waals surface area contributed by atoms with E-state index in [2.05, 4.69) is 20.8 Å². The van der Waals surface area contributed by atoms with Gasteiger partial charge in [-0.25, -0.2) is 0 Å². The van der Waals surface area contributed by atoms with Crippen molar-refractivity contribution in [3.05, 3.63) is 0 Å². The lowest BCUT2D eigenvalue weighted by Crippen LogP contribution is -2.39. The van der Waals surface area contributed by atoms with E-state index in [1.165, 1.54) is 19.3 Å². The lowest BCUT2D eigenvalue weighted by molar-refractivity contribution is -0.0446. The van der Waals surface area contributed by atoms with Gasteiger partial charge in [-0.15, -0.1) is 0 Å². The van der Waals surface area contributed by atoms with Gasteiger partial charge in [0.25, 0.3) is 0 Å². The van der Waals surface area contributed by atoms with Crippen molar-refractivity contribution < 1.29 is 5.11 Å². The first kappa shape index (κ1) is 11.0. The van der Waals surface area contributed by atoms with Crippen molar-refractivity contribution >= 4 is 0 Å². The molecule has 0 aromatic rings. The maximum absolute atomic E-state index is 10.1. The number of hydrogen-bond acceptors (Lipinski definition) is 1. The van der Waals surface area contributed by atoms with E-state index in [1.807, 2.05) is 13.8 Å². The van der Waals surface area contributed by atoms with Crippen LogP contribution in [0.15, 0.2) is 0 Å². The molecule has 1 fully saturated rings. The van der Waals surface area contributed by atoms with Gasteiger partial charge in [0, 0.05) is 0 Å². The third kappa shape index (κ3) is 2.07. The average Bonchev–Trinajstić information content (AvgIpc) is 2.31. The van der Waals surface area contributed by atoms with E-state index in [-0.39, 0.29) is 5.41 Å². The van der Waals surface area contributed by atoms with E-state index in [9.17, 15) is 5.11 Å². The summed E-state index contributed by atoms with van der Waals surface area (Å²) in [5, 5.41) is 10.1. The van der Waals surface area contributed by atoms with Gasteiger partial charge in [0.1, 0.15) is 0 Å². The highest BCUT2D eigenvalue weighted by Gasteiger charge is 2.45. The summed E-state index contributed by atoms with van der Waals surface area (Å²) in [6.07, 6.45) is 3.66. The van der Waals surface area contributed by atoms with Crippen molar-refractivity contribution in [2.75, 3.05) is 0 Å². The molecule has 0 aromatic heterocycles. The number of rotatable bonds is 2. The molecule has 0 aromatic carbocycles.